The number of primary amides is 1. The number of aliphatic hydroxyl groups excluding tert-OH is 1. The van der Waals surface area contributed by atoms with Crippen LogP contribution in [0, 0.1) is 0 Å². The molecule has 0 aromatic rings. The number of aliphatic hydroxyl groups is 1. The van der Waals surface area contributed by atoms with E-state index in [0.29, 0.717) is 13.2 Å². The Morgan fingerprint density at radius 3 is 1.36 bits per heavy atom. The fraction of sp³-hybridized carbons (Fsp3) is 0.568. The van der Waals surface area contributed by atoms with Crippen LogP contribution in [0.4, 0.5) is 0 Å². The zero-order chi connectivity index (χ0) is 42.7. The SMILES string of the molecule is C=CC(N)=O.C=CCCCCC.C=CCCCCN.C=CCCCCN=[N+]=[N-].C=CCCCCNC(=O)C=C.C=CCCCCO.O=S(=O)=O.[AlH3].[H-].[Li+].[N-]=[N+]=[N-].[Na+]. The van der Waals surface area contributed by atoms with Gasteiger partial charge >= 0.3 is 59.0 Å². The maximum Gasteiger partial charge on any atom is 1.00 e. The van der Waals surface area contributed by atoms with Crippen LogP contribution >= 0.6 is 0 Å². The standard InChI is InChI=1S/C9H15NO.C7H14.C6H11N3.C6H13N.C6H12O.C3H5NO.Al.Li.N3.Na.O3S.4H/c1-3-5-6-7-8-10-9(11)4-2;1-3-5-7-6-4-2;1-2-3-4-5-6-8-9-7;2*1-2-3-4-5-6-7;1-2-3(4)5;;;1-3-2;;1-4(2)3;;;;/h3-4H,1-2,5-8H2,(H,10,11);3H,1,4-7H2,2H3;2H,1,3-6H2;2H,1,3-7H2;2,7H,1,3-6H2;2H,1H2,(H2,4,5);;;;;;;;;/q;;;;;;;+1;-1;+1;;;;;-1. The minimum atomic E-state index is -3.11. The predicted molar refractivity (Wildman–Crippen MR) is 234 cm³/mol. The third kappa shape index (κ3) is 187. The van der Waals surface area contributed by atoms with Crippen molar-refractivity contribution in [1.82, 2.24) is 5.32 Å². The van der Waals surface area contributed by atoms with E-state index in [9.17, 15) is 9.59 Å². The number of nitrogens with one attached hydrogen (secondary N) is 1. The van der Waals surface area contributed by atoms with Crippen LogP contribution in [0.15, 0.2) is 93.7 Å². The number of nitrogens with two attached hydrogens (primary N) is 2. The summed E-state index contributed by atoms with van der Waals surface area (Å²) in [5, 5.41) is 14.3. The van der Waals surface area contributed by atoms with Gasteiger partial charge < -0.3 is 34.4 Å². The molecule has 2 amide bonds. The molecular formula is C37H74AlLiN9NaO6S. The van der Waals surface area contributed by atoms with E-state index in [1.54, 1.807) is 0 Å². The van der Waals surface area contributed by atoms with E-state index < -0.39 is 16.5 Å². The van der Waals surface area contributed by atoms with Crippen molar-refractivity contribution in [1.29, 1.82) is 0 Å². The van der Waals surface area contributed by atoms with E-state index in [2.05, 4.69) is 74.1 Å². The smallest absolute Gasteiger partial charge is 1.00 e. The molecule has 0 aromatic heterocycles. The molecule has 19 heteroatoms. The first-order valence-corrected chi connectivity index (χ1v) is 18.3. The number of allylic oxidation sites excluding steroid dienone is 5. The molecule has 0 saturated heterocycles. The van der Waals surface area contributed by atoms with Gasteiger partial charge in [-0.2, -0.15) is 0 Å². The molecule has 0 saturated carbocycles. The molecule has 0 atom stereocenters. The molecule has 0 heterocycles. The Kier molecular flexibility index (Phi) is 144. The summed E-state index contributed by atoms with van der Waals surface area (Å²) in [5.41, 5.74) is 31.1. The average Bonchev–Trinajstić information content (AvgIpc) is 3.13. The Morgan fingerprint density at radius 2 is 1.07 bits per heavy atom. The topological polar surface area (TPSA) is 277 Å². The molecule has 0 radical (unpaired) electrons. The van der Waals surface area contributed by atoms with Gasteiger partial charge in [-0.1, -0.05) is 68.4 Å². The number of rotatable bonds is 24. The molecule has 0 aromatic carbocycles. The first-order valence-electron chi connectivity index (χ1n) is 17.3. The summed E-state index contributed by atoms with van der Waals surface area (Å²) < 4.78 is 25.3. The van der Waals surface area contributed by atoms with Gasteiger partial charge in [-0.3, -0.25) is 14.5 Å². The second kappa shape index (κ2) is 99.0. The van der Waals surface area contributed by atoms with Crippen molar-refractivity contribution < 1.29 is 77.2 Å². The van der Waals surface area contributed by atoms with E-state index >= 15 is 0 Å². The third-order valence-corrected chi connectivity index (χ3v) is 5.19. The molecule has 6 N–H and O–H groups in total. The number of hydrogen-bond acceptors (Lipinski definition) is 8. The molecule has 0 unspecified atom stereocenters. The predicted octanol–water partition coefficient (Wildman–Crippen LogP) is 2.14. The summed E-state index contributed by atoms with van der Waals surface area (Å²) in [6.07, 6.45) is 29.7. The van der Waals surface area contributed by atoms with Gasteiger partial charge in [0.2, 0.25) is 11.8 Å². The molecule has 0 spiro atoms. The van der Waals surface area contributed by atoms with Gasteiger partial charge in [0.1, 0.15) is 0 Å². The van der Waals surface area contributed by atoms with Crippen LogP contribution in [0.25, 0.3) is 26.4 Å². The van der Waals surface area contributed by atoms with Crippen molar-refractivity contribution in [2.24, 2.45) is 16.6 Å². The van der Waals surface area contributed by atoms with Gasteiger partial charge in [0.05, 0.1) is 0 Å². The number of hydrogen-bond donors (Lipinski definition) is 4. The number of unbranched alkanes of at least 4 members (excludes halogenated alkanes) is 11. The van der Waals surface area contributed by atoms with Gasteiger partial charge in [-0.05, 0) is 114 Å². The summed E-state index contributed by atoms with van der Waals surface area (Å²) in [7, 11) is -3.11. The second-order valence-corrected chi connectivity index (χ2v) is 10.2. The van der Waals surface area contributed by atoms with Gasteiger partial charge in [0, 0.05) is 24.6 Å². The first-order chi connectivity index (χ1) is 25.4. The number of carbonyl (C=O) groups is 2. The number of nitrogens with zero attached hydrogens (tertiary/aromatic N) is 6. The molecule has 314 valence electrons. The largest absolute Gasteiger partial charge is 1.00 e. The molecule has 0 aliphatic heterocycles. The summed E-state index contributed by atoms with van der Waals surface area (Å²) in [4.78, 5) is 24.2. The van der Waals surface area contributed by atoms with E-state index in [-0.39, 0.29) is 73.1 Å². The van der Waals surface area contributed by atoms with Crippen LogP contribution in [0.5, 0.6) is 0 Å². The van der Waals surface area contributed by atoms with E-state index in [1.165, 1.54) is 43.1 Å². The maximum absolute atomic E-state index is 10.6. The molecule has 15 nitrogen and oxygen atoms in total. The zero-order valence-electron chi connectivity index (χ0n) is 35.4. The summed E-state index contributed by atoms with van der Waals surface area (Å²) >= 11 is 0. The zero-order valence-corrected chi connectivity index (χ0v) is 37.2. The van der Waals surface area contributed by atoms with Crippen LogP contribution in [-0.2, 0) is 20.2 Å². The fourth-order valence-electron chi connectivity index (χ4n) is 2.59. The molecular weight excluding hydrogens is 755 g/mol. The Hall–Kier alpha value is -2.59. The minimum Gasteiger partial charge on any atom is -1.00 e. The molecule has 0 bridgehead atoms. The van der Waals surface area contributed by atoms with Crippen molar-refractivity contribution in [3.05, 3.63) is 115 Å². The first kappa shape index (κ1) is 81.6. The minimum absolute atomic E-state index is 0. The van der Waals surface area contributed by atoms with Crippen molar-refractivity contribution in [3.8, 4) is 0 Å². The third-order valence-electron chi connectivity index (χ3n) is 5.19. The van der Waals surface area contributed by atoms with Gasteiger partial charge in [-0.15, -0.1) is 45.5 Å². The normalized spacial score (nSPS) is 7.41. The average molecular weight is 830 g/mol. The van der Waals surface area contributed by atoms with Crippen LogP contribution in [-0.4, -0.2) is 73.1 Å². The monoisotopic (exact) mass is 830 g/mol. The number of azide groups is 1. The Labute approximate surface area is 387 Å². The van der Waals surface area contributed by atoms with E-state index in [4.69, 9.17) is 40.1 Å². The van der Waals surface area contributed by atoms with Gasteiger partial charge in [-0.25, -0.2) is 0 Å². The Bertz CT molecular complexity index is 1030. The summed E-state index contributed by atoms with van der Waals surface area (Å²) in [6, 6.07) is 0. The van der Waals surface area contributed by atoms with Crippen molar-refractivity contribution >= 4 is 39.8 Å². The van der Waals surface area contributed by atoms with Crippen LogP contribution in [0.3, 0.4) is 0 Å². The second-order valence-electron chi connectivity index (χ2n) is 9.78. The van der Waals surface area contributed by atoms with Crippen molar-refractivity contribution in [3.63, 3.8) is 0 Å². The molecule has 0 fully saturated rings. The van der Waals surface area contributed by atoms with Crippen LogP contribution in [0.2, 0.25) is 0 Å². The van der Waals surface area contributed by atoms with Crippen molar-refractivity contribution in [2.75, 3.05) is 26.2 Å². The molecule has 0 aliphatic carbocycles. The number of amides is 2. The van der Waals surface area contributed by atoms with Gasteiger partial charge in [0.15, 0.2) is 17.4 Å². The summed E-state index contributed by atoms with van der Waals surface area (Å²) in [5.74, 6) is -0.575. The summed E-state index contributed by atoms with van der Waals surface area (Å²) in [6.45, 7) is 29.1. The molecule has 0 rings (SSSR count). The molecule has 0 aliphatic rings. The van der Waals surface area contributed by atoms with Crippen molar-refractivity contribution in [2.45, 2.75) is 110 Å². The quantitative estimate of drug-likeness (QED) is 0.0214. The van der Waals surface area contributed by atoms with Crippen LogP contribution in [0.1, 0.15) is 111 Å². The van der Waals surface area contributed by atoms with E-state index in [0.717, 1.165) is 89.8 Å². The Morgan fingerprint density at radius 1 is 0.732 bits per heavy atom. The fourth-order valence-corrected chi connectivity index (χ4v) is 2.59. The van der Waals surface area contributed by atoms with E-state index in [1.807, 2.05) is 30.4 Å². The van der Waals surface area contributed by atoms with Crippen LogP contribution < -0.4 is 65.2 Å². The Balaban J connectivity index is -0.0000000412. The van der Waals surface area contributed by atoms with Gasteiger partial charge in [0.25, 0.3) is 0 Å². The number of carbonyl (C=O) groups excluding carboxylic acids is 2. The molecule has 56 heavy (non-hydrogen) atoms. The maximum atomic E-state index is 10.6.